The molecule has 6 nitrogen and oxygen atoms in total. The fraction of sp³-hybridized carbons (Fsp3) is 0.562. The van der Waals surface area contributed by atoms with E-state index in [2.05, 4.69) is 5.32 Å². The zero-order chi connectivity index (χ0) is 16.8. The first-order chi connectivity index (χ1) is 10.2. The third-order valence-electron chi connectivity index (χ3n) is 2.76. The van der Waals surface area contributed by atoms with Gasteiger partial charge in [0, 0.05) is 6.54 Å². The Labute approximate surface area is 131 Å². The molecule has 0 fully saturated rings. The van der Waals surface area contributed by atoms with Crippen molar-refractivity contribution in [2.45, 2.75) is 46.0 Å². The van der Waals surface area contributed by atoms with Gasteiger partial charge in [-0.2, -0.15) is 0 Å². The van der Waals surface area contributed by atoms with Crippen LogP contribution < -0.4 is 15.8 Å². The van der Waals surface area contributed by atoms with E-state index in [0.717, 1.165) is 5.56 Å². The van der Waals surface area contributed by atoms with Crippen molar-refractivity contribution in [2.24, 2.45) is 0 Å². The molecule has 0 heterocycles. The lowest BCUT2D eigenvalue weighted by Crippen LogP contribution is -2.36. The number of hydrogen-bond acceptors (Lipinski definition) is 5. The highest BCUT2D eigenvalue weighted by Crippen LogP contribution is 2.22. The molecule has 124 valence electrons. The van der Waals surface area contributed by atoms with Crippen LogP contribution in [0, 0.1) is 0 Å². The highest BCUT2D eigenvalue weighted by molar-refractivity contribution is 5.67. The third kappa shape index (κ3) is 6.67. The first-order valence-electron chi connectivity index (χ1n) is 7.22. The summed E-state index contributed by atoms with van der Waals surface area (Å²) < 4.78 is 15.9. The molecule has 0 aliphatic carbocycles. The first kappa shape index (κ1) is 18.1. The molecule has 1 amide bonds. The van der Waals surface area contributed by atoms with Gasteiger partial charge in [0.1, 0.15) is 11.4 Å². The lowest BCUT2D eigenvalue weighted by molar-refractivity contribution is 0.0349. The monoisotopic (exact) mass is 310 g/mol. The quantitative estimate of drug-likeness (QED) is 0.789. The molecule has 0 aliphatic heterocycles. The van der Waals surface area contributed by atoms with Crippen molar-refractivity contribution in [1.29, 1.82) is 0 Å². The summed E-state index contributed by atoms with van der Waals surface area (Å²) in [6.07, 6.45) is -0.590. The standard InChI is InChI=1S/C16H26N2O4/c1-11(9-18-15(19)22-16(2,3)4)21-10-12-6-7-14(20-5)13(17)8-12/h6-8,11H,9-10,17H2,1-5H3,(H,18,19). The first-order valence-corrected chi connectivity index (χ1v) is 7.22. The Morgan fingerprint density at radius 3 is 2.59 bits per heavy atom. The van der Waals surface area contributed by atoms with Gasteiger partial charge in [0.25, 0.3) is 0 Å². The van der Waals surface area contributed by atoms with Gasteiger partial charge >= 0.3 is 6.09 Å². The van der Waals surface area contributed by atoms with E-state index in [9.17, 15) is 4.79 Å². The van der Waals surface area contributed by atoms with E-state index in [1.165, 1.54) is 0 Å². The van der Waals surface area contributed by atoms with Crippen LogP contribution in [-0.4, -0.2) is 31.5 Å². The minimum absolute atomic E-state index is 0.143. The van der Waals surface area contributed by atoms with Crippen molar-refractivity contribution in [3.05, 3.63) is 23.8 Å². The number of carbonyl (C=O) groups excluding carboxylic acids is 1. The Morgan fingerprint density at radius 2 is 2.05 bits per heavy atom. The topological polar surface area (TPSA) is 82.8 Å². The van der Waals surface area contributed by atoms with E-state index in [1.54, 1.807) is 13.2 Å². The van der Waals surface area contributed by atoms with Crippen LogP contribution in [0.1, 0.15) is 33.3 Å². The fourth-order valence-corrected chi connectivity index (χ4v) is 1.71. The van der Waals surface area contributed by atoms with E-state index >= 15 is 0 Å². The summed E-state index contributed by atoms with van der Waals surface area (Å²) in [5.74, 6) is 0.642. The van der Waals surface area contributed by atoms with E-state index in [4.69, 9.17) is 19.9 Å². The number of amides is 1. The second-order valence-electron chi connectivity index (χ2n) is 6.08. The number of anilines is 1. The molecule has 3 N–H and O–H groups in total. The van der Waals surface area contributed by atoms with Crippen molar-refractivity contribution >= 4 is 11.8 Å². The Kier molecular flexibility index (Phi) is 6.49. The molecule has 0 aromatic heterocycles. The lowest BCUT2D eigenvalue weighted by Gasteiger charge is -2.21. The van der Waals surface area contributed by atoms with Crippen molar-refractivity contribution in [3.8, 4) is 5.75 Å². The molecule has 1 unspecified atom stereocenters. The molecule has 0 saturated carbocycles. The van der Waals surface area contributed by atoms with E-state index in [1.807, 2.05) is 39.8 Å². The van der Waals surface area contributed by atoms with Gasteiger partial charge in [-0.05, 0) is 45.4 Å². The predicted octanol–water partition coefficient (Wildman–Crippen LogP) is 2.71. The van der Waals surface area contributed by atoms with Gasteiger partial charge < -0.3 is 25.3 Å². The number of nitrogens with two attached hydrogens (primary N) is 1. The summed E-state index contributed by atoms with van der Waals surface area (Å²) in [7, 11) is 1.58. The van der Waals surface area contributed by atoms with Gasteiger partial charge in [-0.15, -0.1) is 0 Å². The largest absolute Gasteiger partial charge is 0.495 e. The second kappa shape index (κ2) is 7.89. The number of hydrogen-bond donors (Lipinski definition) is 2. The molecule has 1 aromatic rings. The highest BCUT2D eigenvalue weighted by Gasteiger charge is 2.16. The smallest absolute Gasteiger partial charge is 0.407 e. The van der Waals surface area contributed by atoms with Crippen LogP contribution in [0.2, 0.25) is 0 Å². The molecule has 1 atom stereocenters. The minimum atomic E-state index is -0.505. The summed E-state index contributed by atoms with van der Waals surface area (Å²) in [6.45, 7) is 8.12. The molecule has 0 aliphatic rings. The molecular weight excluding hydrogens is 284 g/mol. The normalized spacial score (nSPS) is 12.6. The van der Waals surface area contributed by atoms with Crippen LogP contribution in [0.25, 0.3) is 0 Å². The molecule has 0 radical (unpaired) electrons. The molecule has 0 spiro atoms. The van der Waals surface area contributed by atoms with Crippen LogP contribution in [0.4, 0.5) is 10.5 Å². The van der Waals surface area contributed by atoms with Gasteiger partial charge in [-0.3, -0.25) is 0 Å². The summed E-state index contributed by atoms with van der Waals surface area (Å²) in [5.41, 5.74) is 6.86. The maximum Gasteiger partial charge on any atom is 0.407 e. The SMILES string of the molecule is COc1ccc(COC(C)CNC(=O)OC(C)(C)C)cc1N. The van der Waals surface area contributed by atoms with Gasteiger partial charge in [0.05, 0.1) is 25.5 Å². The zero-order valence-electron chi connectivity index (χ0n) is 13.9. The summed E-state index contributed by atoms with van der Waals surface area (Å²) in [5, 5.41) is 2.67. The molecule has 1 rings (SSSR count). The fourth-order valence-electron chi connectivity index (χ4n) is 1.71. The van der Waals surface area contributed by atoms with Crippen LogP contribution in [0.15, 0.2) is 18.2 Å². The van der Waals surface area contributed by atoms with Crippen molar-refractivity contribution < 1.29 is 19.0 Å². The van der Waals surface area contributed by atoms with Gasteiger partial charge in [-0.1, -0.05) is 6.07 Å². The number of carbonyl (C=O) groups is 1. The summed E-state index contributed by atoms with van der Waals surface area (Å²) in [6, 6.07) is 5.51. The molecular formula is C16H26N2O4. The molecule has 0 bridgehead atoms. The van der Waals surface area contributed by atoms with Crippen LogP contribution >= 0.6 is 0 Å². The number of benzene rings is 1. The number of nitrogen functional groups attached to an aromatic ring is 1. The van der Waals surface area contributed by atoms with Crippen LogP contribution in [-0.2, 0) is 16.1 Å². The third-order valence-corrected chi connectivity index (χ3v) is 2.76. The van der Waals surface area contributed by atoms with Gasteiger partial charge in [0.15, 0.2) is 0 Å². The van der Waals surface area contributed by atoms with Crippen molar-refractivity contribution in [2.75, 3.05) is 19.4 Å². The van der Waals surface area contributed by atoms with E-state index in [0.29, 0.717) is 24.6 Å². The number of alkyl carbamates (subject to hydrolysis) is 1. The Morgan fingerprint density at radius 1 is 1.36 bits per heavy atom. The Bertz CT molecular complexity index is 497. The molecule has 0 saturated heterocycles. The van der Waals surface area contributed by atoms with Gasteiger partial charge in [0.2, 0.25) is 0 Å². The second-order valence-corrected chi connectivity index (χ2v) is 6.08. The maximum atomic E-state index is 11.5. The van der Waals surface area contributed by atoms with E-state index < -0.39 is 11.7 Å². The highest BCUT2D eigenvalue weighted by atomic mass is 16.6. The number of ether oxygens (including phenoxy) is 3. The summed E-state index contributed by atoms with van der Waals surface area (Å²) >= 11 is 0. The lowest BCUT2D eigenvalue weighted by atomic mass is 10.2. The van der Waals surface area contributed by atoms with Crippen LogP contribution in [0.5, 0.6) is 5.75 Å². The molecule has 1 aromatic carbocycles. The van der Waals surface area contributed by atoms with Crippen LogP contribution in [0.3, 0.4) is 0 Å². The molecule has 6 heteroatoms. The van der Waals surface area contributed by atoms with Crippen molar-refractivity contribution in [3.63, 3.8) is 0 Å². The average molecular weight is 310 g/mol. The average Bonchev–Trinajstić information content (AvgIpc) is 2.41. The van der Waals surface area contributed by atoms with Crippen molar-refractivity contribution in [1.82, 2.24) is 5.32 Å². The van der Waals surface area contributed by atoms with Gasteiger partial charge in [-0.25, -0.2) is 4.79 Å². The summed E-state index contributed by atoms with van der Waals surface area (Å²) in [4.78, 5) is 11.5. The number of nitrogens with one attached hydrogen (secondary N) is 1. The van der Waals surface area contributed by atoms with E-state index in [-0.39, 0.29) is 6.10 Å². The Balaban J connectivity index is 2.35. The number of rotatable bonds is 6. The number of methoxy groups -OCH3 is 1. The zero-order valence-corrected chi connectivity index (χ0v) is 13.9. The molecule has 22 heavy (non-hydrogen) atoms. The minimum Gasteiger partial charge on any atom is -0.495 e. The Hall–Kier alpha value is -1.95. The maximum absolute atomic E-state index is 11.5. The predicted molar refractivity (Wildman–Crippen MR) is 85.9 cm³/mol.